The lowest BCUT2D eigenvalue weighted by Crippen LogP contribution is -2.24. The van der Waals surface area contributed by atoms with Gasteiger partial charge in [-0.15, -0.1) is 0 Å². The number of hydrogen-bond donors (Lipinski definition) is 1. The summed E-state index contributed by atoms with van der Waals surface area (Å²) in [4.78, 5) is 0. The van der Waals surface area contributed by atoms with Crippen LogP contribution < -0.4 is 4.74 Å². The maximum Gasteiger partial charge on any atom is 0.143 e. The van der Waals surface area contributed by atoms with Crippen LogP contribution in [0.3, 0.4) is 0 Å². The minimum absolute atomic E-state index is 0.229. The van der Waals surface area contributed by atoms with Crippen LogP contribution in [-0.4, -0.2) is 12.2 Å². The molecule has 100 valence electrons. The topological polar surface area (TPSA) is 29.5 Å². The molecule has 0 aliphatic heterocycles. The summed E-state index contributed by atoms with van der Waals surface area (Å²) in [7, 11) is 1.57. The molecule has 0 aliphatic rings. The van der Waals surface area contributed by atoms with E-state index in [0.717, 1.165) is 0 Å². The van der Waals surface area contributed by atoms with Crippen molar-refractivity contribution in [3.8, 4) is 5.75 Å². The average molecular weight is 325 g/mol. The van der Waals surface area contributed by atoms with Crippen LogP contribution in [0.5, 0.6) is 5.75 Å². The van der Waals surface area contributed by atoms with Crippen molar-refractivity contribution >= 4 is 15.9 Å². The van der Waals surface area contributed by atoms with Crippen molar-refractivity contribution in [2.45, 2.75) is 12.5 Å². The van der Waals surface area contributed by atoms with Crippen molar-refractivity contribution in [1.82, 2.24) is 0 Å². The van der Waals surface area contributed by atoms with E-state index in [9.17, 15) is 9.50 Å². The molecule has 2 nitrogen and oxygen atoms in total. The first-order valence-electron chi connectivity index (χ1n) is 5.78. The molecule has 19 heavy (non-hydrogen) atoms. The highest BCUT2D eigenvalue weighted by atomic mass is 79.9. The minimum atomic E-state index is -1.40. The maximum absolute atomic E-state index is 14.1. The van der Waals surface area contributed by atoms with Crippen molar-refractivity contribution in [2.24, 2.45) is 0 Å². The third-order valence-electron chi connectivity index (χ3n) is 3.13. The molecular weight excluding hydrogens is 311 g/mol. The number of benzene rings is 2. The van der Waals surface area contributed by atoms with E-state index < -0.39 is 11.4 Å². The van der Waals surface area contributed by atoms with Gasteiger partial charge in [0, 0.05) is 5.56 Å². The molecule has 2 rings (SSSR count). The smallest absolute Gasteiger partial charge is 0.143 e. The molecule has 0 aliphatic carbocycles. The summed E-state index contributed by atoms with van der Waals surface area (Å²) >= 11 is 3.13. The van der Waals surface area contributed by atoms with E-state index in [4.69, 9.17) is 4.74 Å². The van der Waals surface area contributed by atoms with Crippen molar-refractivity contribution in [2.75, 3.05) is 7.11 Å². The Balaban J connectivity index is 2.48. The zero-order valence-corrected chi connectivity index (χ0v) is 12.2. The van der Waals surface area contributed by atoms with E-state index in [1.807, 2.05) is 0 Å². The number of methoxy groups -OCH3 is 1. The molecule has 0 amide bonds. The lowest BCUT2D eigenvalue weighted by atomic mass is 9.88. The molecule has 4 heteroatoms. The van der Waals surface area contributed by atoms with Crippen molar-refractivity contribution < 1.29 is 14.2 Å². The van der Waals surface area contributed by atoms with Gasteiger partial charge in [0.1, 0.15) is 17.2 Å². The summed E-state index contributed by atoms with van der Waals surface area (Å²) < 4.78 is 19.5. The van der Waals surface area contributed by atoms with Crippen LogP contribution in [0.1, 0.15) is 18.1 Å². The molecule has 2 aromatic carbocycles. The van der Waals surface area contributed by atoms with E-state index in [1.54, 1.807) is 56.5 Å². The Morgan fingerprint density at radius 2 is 1.79 bits per heavy atom. The van der Waals surface area contributed by atoms with Gasteiger partial charge in [-0.2, -0.15) is 0 Å². The molecule has 0 aromatic heterocycles. The van der Waals surface area contributed by atoms with Gasteiger partial charge in [-0.05, 0) is 46.6 Å². The normalized spacial score (nSPS) is 13.9. The molecule has 0 fully saturated rings. The van der Waals surface area contributed by atoms with E-state index in [1.165, 1.54) is 0 Å². The van der Waals surface area contributed by atoms with Crippen LogP contribution >= 0.6 is 15.9 Å². The fourth-order valence-corrected chi connectivity index (χ4v) is 2.32. The summed E-state index contributed by atoms with van der Waals surface area (Å²) in [5, 5.41) is 10.6. The van der Waals surface area contributed by atoms with Gasteiger partial charge in [0.2, 0.25) is 0 Å². The van der Waals surface area contributed by atoms with Gasteiger partial charge in [-0.25, -0.2) is 4.39 Å². The molecule has 0 saturated carbocycles. The average Bonchev–Trinajstić information content (AvgIpc) is 2.41. The van der Waals surface area contributed by atoms with E-state index in [-0.39, 0.29) is 5.56 Å². The molecule has 0 saturated heterocycles. The number of ether oxygens (including phenoxy) is 1. The van der Waals surface area contributed by atoms with E-state index in [0.29, 0.717) is 15.8 Å². The fraction of sp³-hybridized carbons (Fsp3) is 0.200. The minimum Gasteiger partial charge on any atom is -0.497 e. The van der Waals surface area contributed by atoms with Crippen LogP contribution in [0.15, 0.2) is 46.9 Å². The molecular formula is C15H14BrFO2. The van der Waals surface area contributed by atoms with Gasteiger partial charge in [0.25, 0.3) is 0 Å². The second-order valence-electron chi connectivity index (χ2n) is 4.40. The predicted octanol–water partition coefficient (Wildman–Crippen LogP) is 3.85. The summed E-state index contributed by atoms with van der Waals surface area (Å²) in [6.45, 7) is 1.57. The van der Waals surface area contributed by atoms with Crippen LogP contribution in [0.2, 0.25) is 0 Å². The Morgan fingerprint density at radius 1 is 1.16 bits per heavy atom. The highest BCUT2D eigenvalue weighted by molar-refractivity contribution is 9.10. The van der Waals surface area contributed by atoms with Gasteiger partial charge < -0.3 is 9.84 Å². The molecule has 0 spiro atoms. The highest BCUT2D eigenvalue weighted by Crippen LogP contribution is 2.34. The fourth-order valence-electron chi connectivity index (χ4n) is 1.95. The Hall–Kier alpha value is -1.39. The Labute approximate surface area is 120 Å². The van der Waals surface area contributed by atoms with E-state index in [2.05, 4.69) is 15.9 Å². The first-order chi connectivity index (χ1) is 8.96. The zero-order chi connectivity index (χ0) is 14.0. The van der Waals surface area contributed by atoms with Crippen LogP contribution in [0.4, 0.5) is 4.39 Å². The van der Waals surface area contributed by atoms with Gasteiger partial charge in [-0.3, -0.25) is 0 Å². The second kappa shape index (κ2) is 5.31. The van der Waals surface area contributed by atoms with Crippen LogP contribution in [0.25, 0.3) is 0 Å². The standard InChI is InChI=1S/C15H14BrFO2/c1-15(18,10-6-8-11(19-2)9-7-10)12-4-3-5-13(16)14(12)17/h3-9,18H,1-2H3. The summed E-state index contributed by atoms with van der Waals surface area (Å²) in [6.07, 6.45) is 0. The van der Waals surface area contributed by atoms with Crippen molar-refractivity contribution in [3.05, 3.63) is 63.9 Å². The van der Waals surface area contributed by atoms with Crippen LogP contribution in [0, 0.1) is 5.82 Å². The number of aliphatic hydroxyl groups is 1. The zero-order valence-electron chi connectivity index (χ0n) is 10.7. The maximum atomic E-state index is 14.1. The summed E-state index contributed by atoms with van der Waals surface area (Å²) in [5.41, 5.74) is -0.572. The first kappa shape index (κ1) is 14.0. The summed E-state index contributed by atoms with van der Waals surface area (Å²) in [6, 6.07) is 11.8. The lowest BCUT2D eigenvalue weighted by molar-refractivity contribution is 0.0977. The molecule has 2 aromatic rings. The van der Waals surface area contributed by atoms with Gasteiger partial charge >= 0.3 is 0 Å². The van der Waals surface area contributed by atoms with E-state index >= 15 is 0 Å². The Morgan fingerprint density at radius 3 is 2.37 bits per heavy atom. The van der Waals surface area contributed by atoms with Gasteiger partial charge in [-0.1, -0.05) is 24.3 Å². The first-order valence-corrected chi connectivity index (χ1v) is 6.57. The molecule has 1 unspecified atom stereocenters. The number of rotatable bonds is 3. The SMILES string of the molecule is COc1ccc(C(C)(O)c2cccc(Br)c2F)cc1. The number of halogens is 2. The molecule has 1 atom stereocenters. The van der Waals surface area contributed by atoms with Crippen LogP contribution in [-0.2, 0) is 5.60 Å². The Kier molecular flexibility index (Phi) is 3.92. The van der Waals surface area contributed by atoms with Crippen molar-refractivity contribution in [3.63, 3.8) is 0 Å². The molecule has 0 heterocycles. The largest absolute Gasteiger partial charge is 0.497 e. The highest BCUT2D eigenvalue weighted by Gasteiger charge is 2.29. The number of hydrogen-bond acceptors (Lipinski definition) is 2. The molecule has 0 bridgehead atoms. The Bertz CT molecular complexity index is 579. The quantitative estimate of drug-likeness (QED) is 0.929. The summed E-state index contributed by atoms with van der Waals surface area (Å²) in [5.74, 6) is 0.234. The van der Waals surface area contributed by atoms with Crippen molar-refractivity contribution in [1.29, 1.82) is 0 Å². The van der Waals surface area contributed by atoms with Gasteiger partial charge in [0.15, 0.2) is 0 Å². The lowest BCUT2D eigenvalue weighted by Gasteiger charge is -2.25. The predicted molar refractivity (Wildman–Crippen MR) is 75.8 cm³/mol. The third kappa shape index (κ3) is 2.65. The second-order valence-corrected chi connectivity index (χ2v) is 5.26. The third-order valence-corrected chi connectivity index (χ3v) is 3.74. The molecule has 1 N–H and O–H groups in total. The molecule has 0 radical (unpaired) electrons. The van der Waals surface area contributed by atoms with Gasteiger partial charge in [0.05, 0.1) is 11.6 Å². The monoisotopic (exact) mass is 324 g/mol.